The van der Waals surface area contributed by atoms with E-state index in [0.717, 1.165) is 10.9 Å². The third-order valence-corrected chi connectivity index (χ3v) is 3.27. The van der Waals surface area contributed by atoms with E-state index in [2.05, 4.69) is 10.2 Å². The molecule has 1 heterocycles. The third kappa shape index (κ3) is 1.98. The molecule has 0 saturated carbocycles. The molecule has 0 atom stereocenters. The number of nitrogens with two attached hydrogens (primary N) is 1. The van der Waals surface area contributed by atoms with Crippen LogP contribution >= 0.6 is 11.6 Å². The highest BCUT2D eigenvalue weighted by Crippen LogP contribution is 2.33. The Kier molecular flexibility index (Phi) is 3.04. The van der Waals surface area contributed by atoms with Crippen LogP contribution in [-0.4, -0.2) is 16.6 Å². The molecule has 20 heavy (non-hydrogen) atoms. The zero-order valence-electron chi connectivity index (χ0n) is 10.4. The van der Waals surface area contributed by atoms with E-state index in [1.54, 1.807) is 18.2 Å². The molecule has 0 spiro atoms. The highest BCUT2D eigenvalue weighted by molar-refractivity contribution is 6.31. The summed E-state index contributed by atoms with van der Waals surface area (Å²) < 4.78 is 0. The van der Waals surface area contributed by atoms with Gasteiger partial charge in [0.25, 0.3) is 0 Å². The Hall–Kier alpha value is -2.53. The maximum absolute atomic E-state index is 11.5. The zero-order valence-corrected chi connectivity index (χ0v) is 11.1. The molecule has 0 saturated heterocycles. The molecule has 0 aliphatic heterocycles. The first-order valence-corrected chi connectivity index (χ1v) is 6.31. The van der Waals surface area contributed by atoms with Gasteiger partial charge in [-0.2, -0.15) is 5.10 Å². The Morgan fingerprint density at radius 2 is 2.05 bits per heavy atom. The van der Waals surface area contributed by atoms with E-state index in [-0.39, 0.29) is 0 Å². The molecule has 1 amide bonds. The molecule has 0 radical (unpaired) electrons. The molecule has 0 aliphatic rings. The van der Waals surface area contributed by atoms with E-state index >= 15 is 0 Å². The molecule has 100 valence electrons. The largest absolute Gasteiger partial charge is 0.397 e. The molecule has 6 heteroatoms. The Morgan fingerprint density at radius 1 is 1.25 bits per heavy atom. The standard InChI is InChI=1S/C14H11ClN4O/c15-9-5-6-13(11(16)7-9)19(8-20)14-10-3-1-2-4-12(10)17-18-14/h1-8H,16H2,(H,17,18). The van der Waals surface area contributed by atoms with E-state index in [9.17, 15) is 4.79 Å². The van der Waals surface area contributed by atoms with Crippen molar-refractivity contribution in [2.75, 3.05) is 10.6 Å². The van der Waals surface area contributed by atoms with Crippen LogP contribution < -0.4 is 10.6 Å². The summed E-state index contributed by atoms with van der Waals surface area (Å²) in [7, 11) is 0. The number of rotatable bonds is 3. The van der Waals surface area contributed by atoms with Gasteiger partial charge < -0.3 is 5.73 Å². The van der Waals surface area contributed by atoms with Crippen LogP contribution in [0.4, 0.5) is 17.2 Å². The summed E-state index contributed by atoms with van der Waals surface area (Å²) in [5.41, 5.74) is 7.73. The van der Waals surface area contributed by atoms with Gasteiger partial charge in [0.15, 0.2) is 5.82 Å². The highest BCUT2D eigenvalue weighted by Gasteiger charge is 2.17. The lowest BCUT2D eigenvalue weighted by Gasteiger charge is -2.17. The molecule has 3 rings (SSSR count). The molecule has 3 N–H and O–H groups in total. The monoisotopic (exact) mass is 286 g/mol. The highest BCUT2D eigenvalue weighted by atomic mass is 35.5. The van der Waals surface area contributed by atoms with Crippen LogP contribution in [0.2, 0.25) is 5.02 Å². The quantitative estimate of drug-likeness (QED) is 0.574. The van der Waals surface area contributed by atoms with Gasteiger partial charge in [-0.3, -0.25) is 14.8 Å². The lowest BCUT2D eigenvalue weighted by Crippen LogP contribution is -2.16. The Morgan fingerprint density at radius 3 is 2.80 bits per heavy atom. The topological polar surface area (TPSA) is 75.0 Å². The summed E-state index contributed by atoms with van der Waals surface area (Å²) >= 11 is 5.88. The van der Waals surface area contributed by atoms with Crippen molar-refractivity contribution in [1.29, 1.82) is 0 Å². The minimum Gasteiger partial charge on any atom is -0.397 e. The van der Waals surface area contributed by atoms with Crippen molar-refractivity contribution >= 4 is 46.1 Å². The number of fused-ring (bicyclic) bond motifs is 1. The lowest BCUT2D eigenvalue weighted by molar-refractivity contribution is -0.106. The first-order chi connectivity index (χ1) is 9.70. The molecular weight excluding hydrogens is 276 g/mol. The number of nitrogen functional groups attached to an aromatic ring is 1. The second-order valence-electron chi connectivity index (χ2n) is 4.27. The summed E-state index contributed by atoms with van der Waals surface area (Å²) in [6.07, 6.45) is 0.683. The molecule has 1 aromatic heterocycles. The van der Waals surface area contributed by atoms with Crippen molar-refractivity contribution in [3.05, 3.63) is 47.5 Å². The number of nitrogens with one attached hydrogen (secondary N) is 1. The number of anilines is 3. The maximum Gasteiger partial charge on any atom is 0.220 e. The third-order valence-electron chi connectivity index (χ3n) is 3.03. The normalized spacial score (nSPS) is 10.7. The number of H-pyrrole nitrogens is 1. The lowest BCUT2D eigenvalue weighted by atomic mass is 10.2. The Balaban J connectivity index is 2.16. The van der Waals surface area contributed by atoms with Gasteiger partial charge in [-0.25, -0.2) is 0 Å². The second-order valence-corrected chi connectivity index (χ2v) is 4.71. The van der Waals surface area contributed by atoms with Gasteiger partial charge in [-0.15, -0.1) is 0 Å². The summed E-state index contributed by atoms with van der Waals surface area (Å²) in [5, 5.41) is 8.43. The number of benzene rings is 2. The Labute approximate surface area is 119 Å². The van der Waals surface area contributed by atoms with Crippen LogP contribution in [0.5, 0.6) is 0 Å². The van der Waals surface area contributed by atoms with E-state index in [4.69, 9.17) is 17.3 Å². The summed E-state index contributed by atoms with van der Waals surface area (Å²) in [6, 6.07) is 12.5. The van der Waals surface area contributed by atoms with Gasteiger partial charge in [0.2, 0.25) is 6.41 Å². The molecule has 0 bridgehead atoms. The fourth-order valence-electron chi connectivity index (χ4n) is 2.10. The predicted molar refractivity (Wildman–Crippen MR) is 80.2 cm³/mol. The van der Waals surface area contributed by atoms with Crippen LogP contribution in [0.25, 0.3) is 10.9 Å². The number of nitrogens with zero attached hydrogens (tertiary/aromatic N) is 2. The van der Waals surface area contributed by atoms with E-state index in [1.165, 1.54) is 4.90 Å². The molecule has 2 aromatic carbocycles. The molecule has 0 unspecified atom stereocenters. The summed E-state index contributed by atoms with van der Waals surface area (Å²) in [4.78, 5) is 12.9. The van der Waals surface area contributed by atoms with Gasteiger partial charge in [0.1, 0.15) is 0 Å². The summed E-state index contributed by atoms with van der Waals surface area (Å²) in [5.74, 6) is 0.504. The van der Waals surface area contributed by atoms with E-state index in [0.29, 0.717) is 28.6 Å². The van der Waals surface area contributed by atoms with Crippen LogP contribution in [0.15, 0.2) is 42.5 Å². The molecule has 0 aliphatic carbocycles. The number of halogens is 1. The van der Waals surface area contributed by atoms with Gasteiger partial charge in [0, 0.05) is 10.4 Å². The van der Waals surface area contributed by atoms with E-state index < -0.39 is 0 Å². The van der Waals surface area contributed by atoms with Crippen molar-refractivity contribution < 1.29 is 4.79 Å². The van der Waals surface area contributed by atoms with Gasteiger partial charge in [-0.05, 0) is 30.3 Å². The van der Waals surface area contributed by atoms with Crippen LogP contribution in [-0.2, 0) is 4.79 Å². The number of carbonyl (C=O) groups excluding carboxylic acids is 1. The fraction of sp³-hybridized carbons (Fsp3) is 0. The van der Waals surface area contributed by atoms with Crippen LogP contribution in [0, 0.1) is 0 Å². The molecule has 0 fully saturated rings. The zero-order chi connectivity index (χ0) is 14.1. The number of aromatic amines is 1. The smallest absolute Gasteiger partial charge is 0.220 e. The van der Waals surface area contributed by atoms with Crippen molar-refractivity contribution in [2.24, 2.45) is 0 Å². The fourth-order valence-corrected chi connectivity index (χ4v) is 2.28. The number of aromatic nitrogens is 2. The van der Waals surface area contributed by atoms with Crippen molar-refractivity contribution in [3.63, 3.8) is 0 Å². The number of carbonyl (C=O) groups is 1. The van der Waals surface area contributed by atoms with Gasteiger partial charge >= 0.3 is 0 Å². The second kappa shape index (κ2) is 4.86. The number of hydrogen-bond acceptors (Lipinski definition) is 3. The first kappa shape index (κ1) is 12.5. The number of para-hydroxylation sites is 1. The number of hydrogen-bond donors (Lipinski definition) is 2. The average Bonchev–Trinajstić information content (AvgIpc) is 2.86. The van der Waals surface area contributed by atoms with Gasteiger partial charge in [-0.1, -0.05) is 23.7 Å². The Bertz CT molecular complexity index is 784. The van der Waals surface area contributed by atoms with E-state index in [1.807, 2.05) is 24.3 Å². The molecular formula is C14H11ClN4O. The van der Waals surface area contributed by atoms with Crippen molar-refractivity contribution in [2.45, 2.75) is 0 Å². The van der Waals surface area contributed by atoms with Crippen molar-refractivity contribution in [1.82, 2.24) is 10.2 Å². The van der Waals surface area contributed by atoms with Crippen LogP contribution in [0.3, 0.4) is 0 Å². The van der Waals surface area contributed by atoms with Gasteiger partial charge in [0.05, 0.1) is 16.9 Å². The number of amides is 1. The van der Waals surface area contributed by atoms with Crippen LogP contribution in [0.1, 0.15) is 0 Å². The molecule has 5 nitrogen and oxygen atoms in total. The predicted octanol–water partition coefficient (Wildman–Crippen LogP) is 3.09. The van der Waals surface area contributed by atoms with Crippen molar-refractivity contribution in [3.8, 4) is 0 Å². The molecule has 3 aromatic rings. The minimum atomic E-state index is 0.414. The SMILES string of the molecule is Nc1cc(Cl)ccc1N(C=O)c1n[nH]c2ccccc12. The maximum atomic E-state index is 11.5. The summed E-state index contributed by atoms with van der Waals surface area (Å²) in [6.45, 7) is 0. The average molecular weight is 287 g/mol. The first-order valence-electron chi connectivity index (χ1n) is 5.93. The minimum absolute atomic E-state index is 0.414.